The fourth-order valence-electron chi connectivity index (χ4n) is 6.30. The summed E-state index contributed by atoms with van der Waals surface area (Å²) >= 11 is 0. The first-order valence-corrected chi connectivity index (χ1v) is 19.1. The highest BCUT2D eigenvalue weighted by atomic mass is 16.5. The zero-order valence-corrected chi connectivity index (χ0v) is 32.5. The van der Waals surface area contributed by atoms with Gasteiger partial charge in [0.2, 0.25) is 0 Å². The van der Waals surface area contributed by atoms with Crippen LogP contribution in [-0.4, -0.2) is 17.5 Å². The first kappa shape index (κ1) is 42.2. The van der Waals surface area contributed by atoms with E-state index in [1.54, 1.807) is 0 Å². The van der Waals surface area contributed by atoms with Crippen molar-refractivity contribution >= 4 is 39.1 Å². The molecule has 0 spiro atoms. The third-order valence-corrected chi connectivity index (χ3v) is 9.41. The van der Waals surface area contributed by atoms with E-state index >= 15 is 0 Å². The zero-order chi connectivity index (χ0) is 40.0. The molecule has 0 aliphatic carbocycles. The number of Topliss-reactive ketones (excluding diaryl/α,β-unsaturated/α-hetero) is 2. The summed E-state index contributed by atoms with van der Waals surface area (Å²) in [5.41, 5.74) is 4.15. The quantitative estimate of drug-likeness (QED) is 0.0879. The molecular formula is C54H50O4. The molecule has 0 fully saturated rings. The lowest BCUT2D eigenvalue weighted by Gasteiger charge is -2.18. The molecule has 4 nitrogen and oxygen atoms in total. The average Bonchev–Trinajstić information content (AvgIpc) is 3.25. The van der Waals surface area contributed by atoms with Crippen molar-refractivity contribution in [3.05, 3.63) is 234 Å². The second-order valence-corrected chi connectivity index (χ2v) is 14.8. The van der Waals surface area contributed by atoms with Crippen molar-refractivity contribution in [3.8, 4) is 5.75 Å². The van der Waals surface area contributed by atoms with Crippen LogP contribution in [0.1, 0.15) is 71.5 Å². The van der Waals surface area contributed by atoms with Gasteiger partial charge in [-0.05, 0) is 71.1 Å². The van der Waals surface area contributed by atoms with Crippen LogP contribution in [-0.2, 0) is 11.2 Å². The number of hydrogen-bond acceptors (Lipinski definition) is 4. The average molecular weight is 763 g/mol. The molecule has 0 aliphatic heterocycles. The molecule has 0 saturated heterocycles. The first-order chi connectivity index (χ1) is 27.7. The van der Waals surface area contributed by atoms with Crippen molar-refractivity contribution in [3.63, 3.8) is 0 Å². The van der Waals surface area contributed by atoms with Crippen molar-refractivity contribution in [2.45, 2.75) is 40.5 Å². The summed E-state index contributed by atoms with van der Waals surface area (Å²) < 4.78 is 5.35. The summed E-state index contributed by atoms with van der Waals surface area (Å²) in [5, 5.41) is 4.56. The third-order valence-electron chi connectivity index (χ3n) is 9.41. The zero-order valence-electron chi connectivity index (χ0n) is 32.5. The molecule has 0 bridgehead atoms. The highest BCUT2D eigenvalue weighted by molar-refractivity contribution is 6.03. The molecule has 1 atom stereocenters. The topological polar surface area (TPSA) is 60.4 Å². The summed E-state index contributed by atoms with van der Waals surface area (Å²) in [6, 6.07) is 67.0. The number of esters is 1. The third kappa shape index (κ3) is 11.6. The Hall–Kier alpha value is -6.91. The Bertz CT molecular complexity index is 2540. The largest absolute Gasteiger partial charge is 0.426 e. The number of hydrogen-bond donors (Lipinski definition) is 0. The Morgan fingerprint density at radius 1 is 0.466 bits per heavy atom. The van der Waals surface area contributed by atoms with Crippen LogP contribution in [0.25, 0.3) is 21.5 Å². The van der Waals surface area contributed by atoms with Gasteiger partial charge >= 0.3 is 5.97 Å². The number of rotatable bonds is 8. The van der Waals surface area contributed by atoms with Crippen LogP contribution < -0.4 is 4.74 Å². The van der Waals surface area contributed by atoms with E-state index < -0.39 is 5.41 Å². The second-order valence-electron chi connectivity index (χ2n) is 14.8. The Labute approximate surface area is 342 Å². The monoisotopic (exact) mass is 762 g/mol. The van der Waals surface area contributed by atoms with Gasteiger partial charge in [-0.2, -0.15) is 0 Å². The van der Waals surface area contributed by atoms with Crippen LogP contribution in [0.15, 0.2) is 206 Å². The molecule has 0 N–H and O–H groups in total. The van der Waals surface area contributed by atoms with Crippen LogP contribution >= 0.6 is 0 Å². The lowest BCUT2D eigenvalue weighted by Crippen LogP contribution is -2.25. The van der Waals surface area contributed by atoms with Crippen LogP contribution in [0.2, 0.25) is 0 Å². The van der Waals surface area contributed by atoms with Gasteiger partial charge in [0.15, 0.2) is 11.6 Å². The van der Waals surface area contributed by atoms with E-state index in [4.69, 9.17) is 4.74 Å². The minimum Gasteiger partial charge on any atom is -0.426 e. The van der Waals surface area contributed by atoms with E-state index in [2.05, 4.69) is 30.3 Å². The van der Waals surface area contributed by atoms with Crippen molar-refractivity contribution in [2.24, 2.45) is 5.41 Å². The lowest BCUT2D eigenvalue weighted by atomic mass is 9.84. The molecule has 4 heteroatoms. The highest BCUT2D eigenvalue weighted by Crippen LogP contribution is 2.31. The van der Waals surface area contributed by atoms with Crippen molar-refractivity contribution in [1.82, 2.24) is 0 Å². The molecule has 58 heavy (non-hydrogen) atoms. The van der Waals surface area contributed by atoms with E-state index in [1.165, 1.54) is 5.39 Å². The highest BCUT2D eigenvalue weighted by Gasteiger charge is 2.25. The molecule has 1 unspecified atom stereocenters. The summed E-state index contributed by atoms with van der Waals surface area (Å²) in [4.78, 5) is 36.8. The minimum absolute atomic E-state index is 0. The van der Waals surface area contributed by atoms with Gasteiger partial charge in [-0.25, -0.2) is 0 Å². The Morgan fingerprint density at radius 3 is 1.47 bits per heavy atom. The maximum atomic E-state index is 13.3. The molecule has 0 aromatic heterocycles. The number of benzene rings is 8. The van der Waals surface area contributed by atoms with E-state index in [9.17, 15) is 14.4 Å². The minimum atomic E-state index is -0.481. The molecule has 8 aromatic carbocycles. The maximum absolute atomic E-state index is 13.3. The first-order valence-electron chi connectivity index (χ1n) is 19.1. The van der Waals surface area contributed by atoms with Crippen LogP contribution in [0.3, 0.4) is 0 Å². The van der Waals surface area contributed by atoms with E-state index in [1.807, 2.05) is 197 Å². The SMILES string of the molecule is C.CC(C)(C)C(=O)Oc1ccc2ccccc2c1.O=C(Cc1ccccc1)c1ccccc1.O=C(c1ccccc1)C(c1ccccc1)c1ccc2ccccc2c1. The van der Waals surface area contributed by atoms with Crippen LogP contribution in [0, 0.1) is 5.41 Å². The van der Waals surface area contributed by atoms with Crippen molar-refractivity contribution in [2.75, 3.05) is 0 Å². The van der Waals surface area contributed by atoms with Crippen molar-refractivity contribution < 1.29 is 19.1 Å². The molecule has 8 rings (SSSR count). The number of fused-ring (bicyclic) bond motifs is 2. The number of ketones is 2. The van der Waals surface area contributed by atoms with Gasteiger partial charge < -0.3 is 4.74 Å². The molecule has 0 aliphatic rings. The molecule has 290 valence electrons. The van der Waals surface area contributed by atoms with E-state index in [0.717, 1.165) is 44.0 Å². The molecule has 0 radical (unpaired) electrons. The van der Waals surface area contributed by atoms with Gasteiger partial charge in [0, 0.05) is 17.5 Å². The smallest absolute Gasteiger partial charge is 0.316 e. The Morgan fingerprint density at radius 2 is 0.914 bits per heavy atom. The van der Waals surface area contributed by atoms with Crippen LogP contribution in [0.4, 0.5) is 0 Å². The van der Waals surface area contributed by atoms with Gasteiger partial charge in [-0.3, -0.25) is 14.4 Å². The second kappa shape index (κ2) is 20.3. The van der Waals surface area contributed by atoms with Gasteiger partial charge in [0.1, 0.15) is 5.75 Å². The predicted octanol–water partition coefficient (Wildman–Crippen LogP) is 13.4. The number of ether oxygens (including phenoxy) is 1. The Kier molecular flexibility index (Phi) is 14.8. The fourth-order valence-corrected chi connectivity index (χ4v) is 6.30. The summed E-state index contributed by atoms with van der Waals surface area (Å²) in [5.74, 6) is 0.383. The van der Waals surface area contributed by atoms with E-state index in [0.29, 0.717) is 12.2 Å². The number of carbonyl (C=O) groups is 3. The maximum Gasteiger partial charge on any atom is 0.316 e. The molecule has 0 amide bonds. The van der Waals surface area contributed by atoms with Gasteiger partial charge in [0.25, 0.3) is 0 Å². The predicted molar refractivity (Wildman–Crippen MR) is 240 cm³/mol. The number of carbonyl (C=O) groups excluding carboxylic acids is 3. The Balaban J connectivity index is 0.000000171. The van der Waals surface area contributed by atoms with Crippen LogP contribution in [0.5, 0.6) is 5.75 Å². The molecular weight excluding hydrogens is 713 g/mol. The molecule has 8 aromatic rings. The standard InChI is InChI=1S/C24H18O.C15H16O2.C14H12O.CH4/c25-24(20-12-5-2-6-13-20)23(19-10-3-1-4-11-19)22-16-15-18-9-7-8-14-21(18)17-22;1-15(2,3)14(16)17-13-9-8-11-6-4-5-7-12(11)10-13;15-14(13-9-5-2-6-10-13)11-12-7-3-1-4-8-12;/h1-17,23H;4-10H,1-3H3;1-10H,11H2;1H4. The molecule has 0 heterocycles. The van der Waals surface area contributed by atoms with Crippen molar-refractivity contribution in [1.29, 1.82) is 0 Å². The summed E-state index contributed by atoms with van der Waals surface area (Å²) in [6.07, 6.45) is 0.477. The summed E-state index contributed by atoms with van der Waals surface area (Å²) in [6.45, 7) is 5.53. The van der Waals surface area contributed by atoms with Gasteiger partial charge in [0.05, 0.1) is 11.3 Å². The van der Waals surface area contributed by atoms with E-state index in [-0.39, 0.29) is 30.9 Å². The lowest BCUT2D eigenvalue weighted by molar-refractivity contribution is -0.142. The fraction of sp³-hybridized carbons (Fsp3) is 0.130. The van der Waals surface area contributed by atoms with Gasteiger partial charge in [-0.1, -0.05) is 202 Å². The molecule has 0 saturated carbocycles. The summed E-state index contributed by atoms with van der Waals surface area (Å²) in [7, 11) is 0. The van der Waals surface area contributed by atoms with Gasteiger partial charge in [-0.15, -0.1) is 0 Å². The normalized spacial score (nSPS) is 11.1.